The Labute approximate surface area is 61.2 Å². The molecule has 0 aliphatic rings. The van der Waals surface area contributed by atoms with Gasteiger partial charge < -0.3 is 0 Å². The Morgan fingerprint density at radius 1 is 1.33 bits per heavy atom. The van der Waals surface area contributed by atoms with Crippen molar-refractivity contribution in [3.05, 3.63) is 0 Å². The van der Waals surface area contributed by atoms with E-state index in [0.29, 0.717) is 4.44 Å². The summed E-state index contributed by atoms with van der Waals surface area (Å²) in [5.74, 6) is 0. The molecule has 0 rings (SSSR count). The van der Waals surface area contributed by atoms with Gasteiger partial charge in [0, 0.05) is 0 Å². The first-order valence-corrected chi connectivity index (χ1v) is 5.66. The van der Waals surface area contributed by atoms with Gasteiger partial charge in [-0.3, -0.25) is 0 Å². The average molecular weight is 246 g/mol. The van der Waals surface area contributed by atoms with Crippen molar-refractivity contribution in [3.8, 4) is 0 Å². The Morgan fingerprint density at radius 2 is 1.89 bits per heavy atom. The van der Waals surface area contributed by atoms with Crippen molar-refractivity contribution in [3.63, 3.8) is 0 Å². The topological polar surface area (TPSA) is 17.1 Å². The zero-order valence-corrected chi connectivity index (χ0v) is 7.52. The van der Waals surface area contributed by atoms with E-state index >= 15 is 0 Å². The van der Waals surface area contributed by atoms with E-state index in [-0.39, 0.29) is 6.42 Å². The van der Waals surface area contributed by atoms with Gasteiger partial charge in [0.2, 0.25) is 0 Å². The summed E-state index contributed by atoms with van der Waals surface area (Å²) in [4.78, 5) is 0. The van der Waals surface area contributed by atoms with Gasteiger partial charge in [0.15, 0.2) is 0 Å². The summed E-state index contributed by atoms with van der Waals surface area (Å²) in [5, 5.41) is 0. The predicted molar refractivity (Wildman–Crippen MR) is 26.5 cm³/mol. The monoisotopic (exact) mass is 247 g/mol. The van der Waals surface area contributed by atoms with Crippen molar-refractivity contribution < 1.29 is 16.2 Å². The van der Waals surface area contributed by atoms with Crippen LogP contribution in [0.25, 0.3) is 0 Å². The number of hydrogen-bond donors (Lipinski definition) is 0. The van der Waals surface area contributed by atoms with Crippen LogP contribution in [0.2, 0.25) is 4.44 Å². The Hall–Kier alpha value is 0.389. The molecule has 1 nitrogen and oxygen atoms in total. The zero-order chi connectivity index (χ0) is 7.33. The van der Waals surface area contributed by atoms with Gasteiger partial charge in [0.25, 0.3) is 0 Å². The predicted octanol–water partition coefficient (Wildman–Crippen LogP) is 1.80. The Balaban J connectivity index is 3.17. The summed E-state index contributed by atoms with van der Waals surface area (Å²) >= 11 is -1.63. The molecule has 9 heavy (non-hydrogen) atoms. The van der Waals surface area contributed by atoms with E-state index in [2.05, 4.69) is 0 Å². The molecule has 0 amide bonds. The second-order valence-electron chi connectivity index (χ2n) is 1.61. The van der Waals surface area contributed by atoms with Crippen LogP contribution < -0.4 is 0 Å². The summed E-state index contributed by atoms with van der Waals surface area (Å²) in [6.07, 6.45) is -4.80. The third-order valence-corrected chi connectivity index (χ3v) is 2.33. The van der Waals surface area contributed by atoms with Crippen LogP contribution in [-0.4, -0.2) is 27.3 Å². The first-order chi connectivity index (χ1) is 4.06. The molecule has 1 radical (unpaired) electrons. The fraction of sp³-hybridized carbons (Fsp3) is 1.00. The molecule has 0 aromatic carbocycles. The fourth-order valence-corrected chi connectivity index (χ4v) is 1.28. The molecule has 0 aromatic heterocycles. The van der Waals surface area contributed by atoms with Gasteiger partial charge in [-0.2, -0.15) is 0 Å². The van der Waals surface area contributed by atoms with E-state index in [9.17, 15) is 16.2 Å². The van der Waals surface area contributed by atoms with Crippen molar-refractivity contribution >= 4 is 21.1 Å². The molecular formula is C4H6F3OSn. The quantitative estimate of drug-likeness (QED) is 0.548. The van der Waals surface area contributed by atoms with Crippen LogP contribution >= 0.6 is 0 Å². The standard InChI is InChI=1S/C4H6F3.O.Sn/c1-2-3-4(5,6)7;;/h1-3H2;;. The molecule has 53 valence electrons. The molecular weight excluding hydrogens is 240 g/mol. The van der Waals surface area contributed by atoms with Crippen LogP contribution in [0.1, 0.15) is 12.8 Å². The van der Waals surface area contributed by atoms with Crippen molar-refractivity contribution in [2.24, 2.45) is 0 Å². The van der Waals surface area contributed by atoms with Crippen LogP contribution in [0.3, 0.4) is 0 Å². The van der Waals surface area contributed by atoms with Crippen LogP contribution in [0, 0.1) is 0 Å². The molecule has 0 aliphatic heterocycles. The average Bonchev–Trinajstić information content (AvgIpc) is 1.63. The molecule has 0 aliphatic carbocycles. The molecule has 0 saturated heterocycles. The minimum atomic E-state index is -4.06. The van der Waals surface area contributed by atoms with Gasteiger partial charge in [-0.25, -0.2) is 0 Å². The van der Waals surface area contributed by atoms with Crippen LogP contribution in [0.4, 0.5) is 13.2 Å². The van der Waals surface area contributed by atoms with Gasteiger partial charge in [0.1, 0.15) is 0 Å². The molecule has 0 spiro atoms. The van der Waals surface area contributed by atoms with Crippen molar-refractivity contribution in [2.45, 2.75) is 23.5 Å². The second-order valence-corrected chi connectivity index (χ2v) is 3.86. The molecule has 0 atom stereocenters. The Bertz CT molecular complexity index is 90.3. The molecule has 0 saturated carbocycles. The van der Waals surface area contributed by atoms with E-state index in [1.54, 1.807) is 0 Å². The summed E-state index contributed by atoms with van der Waals surface area (Å²) in [7, 11) is 0. The van der Waals surface area contributed by atoms with Crippen molar-refractivity contribution in [1.82, 2.24) is 0 Å². The van der Waals surface area contributed by atoms with Gasteiger partial charge in [0.05, 0.1) is 0 Å². The molecule has 0 unspecified atom stereocenters. The molecule has 0 heterocycles. The Kier molecular flexibility index (Phi) is 4.43. The minimum absolute atomic E-state index is 0.0408. The summed E-state index contributed by atoms with van der Waals surface area (Å²) in [6, 6.07) is 0. The van der Waals surface area contributed by atoms with E-state index in [1.807, 2.05) is 0 Å². The molecule has 0 bridgehead atoms. The van der Waals surface area contributed by atoms with Crippen LogP contribution in [0.5, 0.6) is 0 Å². The van der Waals surface area contributed by atoms with E-state index in [1.165, 1.54) is 0 Å². The van der Waals surface area contributed by atoms with Gasteiger partial charge in [-0.05, 0) is 0 Å². The van der Waals surface area contributed by atoms with E-state index in [4.69, 9.17) is 0 Å². The van der Waals surface area contributed by atoms with Gasteiger partial charge in [-0.15, -0.1) is 0 Å². The summed E-state index contributed by atoms with van der Waals surface area (Å²) < 4.78 is 44.0. The Morgan fingerprint density at radius 3 is 2.22 bits per heavy atom. The van der Waals surface area contributed by atoms with E-state index in [0.717, 1.165) is 0 Å². The van der Waals surface area contributed by atoms with E-state index < -0.39 is 33.7 Å². The number of hydrogen-bond acceptors (Lipinski definition) is 1. The second kappa shape index (κ2) is 4.24. The van der Waals surface area contributed by atoms with Crippen molar-refractivity contribution in [1.29, 1.82) is 0 Å². The van der Waals surface area contributed by atoms with Gasteiger partial charge >= 0.3 is 60.8 Å². The maximum absolute atomic E-state index is 11.3. The van der Waals surface area contributed by atoms with Gasteiger partial charge in [-0.1, -0.05) is 0 Å². The molecule has 0 aromatic rings. The fourth-order valence-electron chi connectivity index (χ4n) is 0.361. The first-order valence-electron chi connectivity index (χ1n) is 2.48. The third-order valence-electron chi connectivity index (χ3n) is 0.739. The molecule has 5 heteroatoms. The summed E-state index contributed by atoms with van der Waals surface area (Å²) in [5.41, 5.74) is 0. The normalized spacial score (nSPS) is 11.4. The zero-order valence-electron chi connectivity index (χ0n) is 4.66. The summed E-state index contributed by atoms with van der Waals surface area (Å²) in [6.45, 7) is 0. The van der Waals surface area contributed by atoms with Crippen LogP contribution in [0.15, 0.2) is 0 Å². The maximum atomic E-state index is 11.3. The van der Waals surface area contributed by atoms with Crippen molar-refractivity contribution in [2.75, 3.05) is 0 Å². The SMILES string of the molecule is [O]=[Sn][CH2]CCC(F)(F)F. The molecule has 0 N–H and O–H groups in total. The van der Waals surface area contributed by atoms with Crippen LogP contribution in [-0.2, 0) is 3.08 Å². The first kappa shape index (κ1) is 9.39. The third kappa shape index (κ3) is 8.39. The number of halogens is 3. The molecule has 0 fully saturated rings. The number of alkyl halides is 3. The number of rotatable bonds is 3.